The van der Waals surface area contributed by atoms with Crippen LogP contribution in [-0.2, 0) is 6.11 Å². The van der Waals surface area contributed by atoms with Crippen LogP contribution in [0.25, 0.3) is 11.1 Å². The summed E-state index contributed by atoms with van der Waals surface area (Å²) in [6.07, 6.45) is 10.1. The molecule has 2 aliphatic carbocycles. The van der Waals surface area contributed by atoms with E-state index in [0.717, 1.165) is 49.7 Å². The van der Waals surface area contributed by atoms with Crippen LogP contribution >= 0.6 is 0 Å². The van der Waals surface area contributed by atoms with Gasteiger partial charge in [0.25, 0.3) is 0 Å². The number of hydrogen-bond donors (Lipinski definition) is 0. The SMILES string of the molecule is CCCCCC1CCC(C2CCC(c3ccc(-c4ccc(C(F)(F)Oc5cc(F)c(F)c(F)c5)cc4)c(F)c3F)CC2)CC1. The lowest BCUT2D eigenvalue weighted by Gasteiger charge is -2.38. The third-order valence-corrected chi connectivity index (χ3v) is 9.83. The topological polar surface area (TPSA) is 9.23 Å². The standard InChI is InChI=1S/C36H39F7O/c1-2-3-4-5-22-6-8-23(9-7-22)24-10-12-25(13-11-24)29-18-19-30(34(40)33(29)39)26-14-16-27(17-15-26)36(42,43)44-28-20-31(37)35(41)32(38)21-28/h14-25H,2-13H2,1H3. The van der Waals surface area contributed by atoms with Gasteiger partial charge in [-0.3, -0.25) is 0 Å². The average Bonchev–Trinajstić information content (AvgIpc) is 3.02. The van der Waals surface area contributed by atoms with Crippen molar-refractivity contribution in [2.45, 2.75) is 96.0 Å². The maximum absolute atomic E-state index is 15.4. The fraction of sp³-hybridized carbons (Fsp3) is 0.500. The Labute approximate surface area is 254 Å². The normalized spacial score (nSPS) is 22.6. The van der Waals surface area contributed by atoms with Crippen LogP contribution in [0.15, 0.2) is 48.5 Å². The van der Waals surface area contributed by atoms with E-state index in [0.29, 0.717) is 23.6 Å². The molecule has 2 fully saturated rings. The number of ether oxygens (including phenoxy) is 1. The first-order valence-electron chi connectivity index (χ1n) is 15.9. The predicted molar refractivity (Wildman–Crippen MR) is 157 cm³/mol. The van der Waals surface area contributed by atoms with E-state index in [1.165, 1.54) is 69.6 Å². The van der Waals surface area contributed by atoms with Crippen molar-refractivity contribution >= 4 is 0 Å². The van der Waals surface area contributed by atoms with Gasteiger partial charge in [-0.25, -0.2) is 22.0 Å². The molecule has 0 aliphatic heterocycles. The van der Waals surface area contributed by atoms with E-state index in [9.17, 15) is 22.0 Å². The molecule has 8 heteroatoms. The third kappa shape index (κ3) is 7.26. The van der Waals surface area contributed by atoms with E-state index in [-0.39, 0.29) is 17.0 Å². The van der Waals surface area contributed by atoms with Gasteiger partial charge in [-0.2, -0.15) is 8.78 Å². The summed E-state index contributed by atoms with van der Waals surface area (Å²) in [6.45, 7) is 2.24. The van der Waals surface area contributed by atoms with Crippen LogP contribution in [0.1, 0.15) is 101 Å². The monoisotopic (exact) mass is 620 g/mol. The van der Waals surface area contributed by atoms with Gasteiger partial charge in [0.15, 0.2) is 29.1 Å². The van der Waals surface area contributed by atoms with E-state index < -0.39 is 46.5 Å². The highest BCUT2D eigenvalue weighted by molar-refractivity contribution is 5.65. The molecule has 3 aromatic rings. The van der Waals surface area contributed by atoms with E-state index in [2.05, 4.69) is 11.7 Å². The van der Waals surface area contributed by atoms with Gasteiger partial charge in [-0.15, -0.1) is 0 Å². The maximum atomic E-state index is 15.4. The Hall–Kier alpha value is -3.03. The summed E-state index contributed by atoms with van der Waals surface area (Å²) in [5, 5.41) is 0. The van der Waals surface area contributed by atoms with Crippen LogP contribution < -0.4 is 4.74 Å². The van der Waals surface area contributed by atoms with Gasteiger partial charge in [0, 0.05) is 17.7 Å². The first-order chi connectivity index (χ1) is 21.1. The Bertz CT molecular complexity index is 1380. The van der Waals surface area contributed by atoms with Crippen molar-refractivity contribution in [3.05, 3.63) is 88.7 Å². The van der Waals surface area contributed by atoms with Gasteiger partial charge in [0.2, 0.25) is 0 Å². The van der Waals surface area contributed by atoms with Gasteiger partial charge in [0.05, 0.1) is 5.56 Å². The van der Waals surface area contributed by atoms with Crippen molar-refractivity contribution in [1.82, 2.24) is 0 Å². The molecule has 2 saturated carbocycles. The molecule has 0 heterocycles. The second kappa shape index (κ2) is 13.9. The van der Waals surface area contributed by atoms with Gasteiger partial charge in [0.1, 0.15) is 5.75 Å². The first-order valence-corrected chi connectivity index (χ1v) is 15.9. The number of alkyl halides is 2. The van der Waals surface area contributed by atoms with Gasteiger partial charge in [-0.1, -0.05) is 69.7 Å². The second-order valence-electron chi connectivity index (χ2n) is 12.6. The minimum absolute atomic E-state index is 0.0560. The van der Waals surface area contributed by atoms with Crippen molar-refractivity contribution < 1.29 is 35.5 Å². The lowest BCUT2D eigenvalue weighted by molar-refractivity contribution is -0.185. The van der Waals surface area contributed by atoms with Crippen LogP contribution in [0.3, 0.4) is 0 Å². The molecule has 0 aromatic heterocycles. The molecule has 0 unspecified atom stereocenters. The summed E-state index contributed by atoms with van der Waals surface area (Å²) >= 11 is 0. The summed E-state index contributed by atoms with van der Waals surface area (Å²) < 4.78 is 104. The zero-order valence-corrected chi connectivity index (χ0v) is 25.0. The van der Waals surface area contributed by atoms with Crippen LogP contribution in [-0.4, -0.2) is 0 Å². The average molecular weight is 621 g/mol. The van der Waals surface area contributed by atoms with E-state index in [1.54, 1.807) is 6.07 Å². The van der Waals surface area contributed by atoms with E-state index >= 15 is 8.78 Å². The molecule has 3 aromatic carbocycles. The quantitative estimate of drug-likeness (QED) is 0.124. The number of hydrogen-bond acceptors (Lipinski definition) is 1. The molecule has 238 valence electrons. The summed E-state index contributed by atoms with van der Waals surface area (Å²) in [7, 11) is 0. The highest BCUT2D eigenvalue weighted by Gasteiger charge is 2.36. The second-order valence-corrected chi connectivity index (χ2v) is 12.6. The molecule has 0 atom stereocenters. The Kier molecular flexibility index (Phi) is 10.3. The lowest BCUT2D eigenvalue weighted by Crippen LogP contribution is -2.25. The van der Waals surface area contributed by atoms with Gasteiger partial charge < -0.3 is 4.74 Å². The third-order valence-electron chi connectivity index (χ3n) is 9.83. The minimum atomic E-state index is -4.03. The number of unbranched alkanes of at least 4 members (excludes halogenated alkanes) is 2. The van der Waals surface area contributed by atoms with Crippen molar-refractivity contribution in [1.29, 1.82) is 0 Å². The van der Waals surface area contributed by atoms with Crippen LogP contribution in [0, 0.1) is 46.8 Å². The van der Waals surface area contributed by atoms with Crippen molar-refractivity contribution in [2.24, 2.45) is 17.8 Å². The lowest BCUT2D eigenvalue weighted by atomic mass is 9.68. The summed E-state index contributed by atoms with van der Waals surface area (Å²) in [4.78, 5) is 0. The maximum Gasteiger partial charge on any atom is 0.426 e. The fourth-order valence-electron chi connectivity index (χ4n) is 7.28. The molecule has 2 aliphatic rings. The first kappa shape index (κ1) is 32.4. The molecule has 0 amide bonds. The smallest absolute Gasteiger partial charge is 0.426 e. The van der Waals surface area contributed by atoms with Crippen LogP contribution in [0.5, 0.6) is 5.75 Å². The predicted octanol–water partition coefficient (Wildman–Crippen LogP) is 11.8. The van der Waals surface area contributed by atoms with Crippen LogP contribution in [0.4, 0.5) is 30.7 Å². The Morgan fingerprint density at radius 1 is 0.682 bits per heavy atom. The molecular formula is C36H39F7O. The van der Waals surface area contributed by atoms with Crippen molar-refractivity contribution in [3.63, 3.8) is 0 Å². The van der Waals surface area contributed by atoms with E-state index in [1.807, 2.05) is 0 Å². The fourth-order valence-corrected chi connectivity index (χ4v) is 7.28. The molecular weight excluding hydrogens is 581 g/mol. The van der Waals surface area contributed by atoms with Gasteiger partial charge >= 0.3 is 6.11 Å². The molecule has 5 rings (SSSR count). The Morgan fingerprint density at radius 2 is 1.27 bits per heavy atom. The summed E-state index contributed by atoms with van der Waals surface area (Å²) in [6, 6.07) is 8.00. The summed E-state index contributed by atoms with van der Waals surface area (Å²) in [5.74, 6) is -5.79. The highest BCUT2D eigenvalue weighted by Crippen LogP contribution is 2.45. The molecule has 0 saturated heterocycles. The molecule has 1 nitrogen and oxygen atoms in total. The molecule has 0 N–H and O–H groups in total. The van der Waals surface area contributed by atoms with E-state index in [4.69, 9.17) is 0 Å². The minimum Gasteiger partial charge on any atom is -0.429 e. The molecule has 0 radical (unpaired) electrons. The Morgan fingerprint density at radius 3 is 1.86 bits per heavy atom. The molecule has 0 bridgehead atoms. The zero-order chi connectivity index (χ0) is 31.4. The molecule has 0 spiro atoms. The zero-order valence-electron chi connectivity index (χ0n) is 25.0. The highest BCUT2D eigenvalue weighted by atomic mass is 19.3. The largest absolute Gasteiger partial charge is 0.429 e. The van der Waals surface area contributed by atoms with Crippen LogP contribution in [0.2, 0.25) is 0 Å². The Balaban J connectivity index is 1.20. The number of rotatable bonds is 10. The van der Waals surface area contributed by atoms with Crippen molar-refractivity contribution in [3.8, 4) is 16.9 Å². The van der Waals surface area contributed by atoms with Gasteiger partial charge in [-0.05, 0) is 85.5 Å². The number of benzene rings is 3. The molecule has 44 heavy (non-hydrogen) atoms. The summed E-state index contributed by atoms with van der Waals surface area (Å²) in [5.41, 5.74) is -0.209. The number of halogens is 7. The van der Waals surface area contributed by atoms with Crippen molar-refractivity contribution in [2.75, 3.05) is 0 Å².